The van der Waals surface area contributed by atoms with Crippen LogP contribution in [0.1, 0.15) is 31.3 Å². The van der Waals surface area contributed by atoms with Crippen LogP contribution in [0, 0.1) is 5.92 Å². The third-order valence-electron chi connectivity index (χ3n) is 5.91. The highest BCUT2D eigenvalue weighted by molar-refractivity contribution is 5.71. The Morgan fingerprint density at radius 2 is 1.97 bits per heavy atom. The molecule has 0 bridgehead atoms. The molecule has 0 amide bonds. The predicted octanol–water partition coefficient (Wildman–Crippen LogP) is 0.524. The van der Waals surface area contributed by atoms with Gasteiger partial charge < -0.3 is 30.1 Å². The van der Waals surface area contributed by atoms with Gasteiger partial charge in [-0.25, -0.2) is 9.50 Å². The summed E-state index contributed by atoms with van der Waals surface area (Å²) < 4.78 is 12.8. The molecule has 3 heterocycles. The topological polar surface area (TPSA) is 150 Å². The standard InChI is InChI=1S/C23H29N5O6/c1-13(2)22(32)33-11-16-18(29)19(30)23(24-3,34-16)17-10-9-15-20(25-12-26-28(15)17)27-21(31)14-7-5-4-6-8-14/h4-10,12-13,16,18-19,21,24,29-31H,11H2,1-3H3,(H,25,26,27)/t16-,18-,19-,21?,23+/m1/s1. The quantitative estimate of drug-likeness (QED) is 0.232. The Morgan fingerprint density at radius 3 is 2.65 bits per heavy atom. The SMILES string of the molecule is CN[C@@]1(c2ccc3c(NC(O)c4ccccc4)ncnn23)O[C@H](COC(=O)C(C)C)[C@@H](O)[C@H]1O. The van der Waals surface area contributed by atoms with Crippen LogP contribution in [-0.2, 0) is 20.0 Å². The van der Waals surface area contributed by atoms with Crippen molar-refractivity contribution < 1.29 is 29.6 Å². The van der Waals surface area contributed by atoms with Crippen LogP contribution in [0.4, 0.5) is 5.82 Å². The van der Waals surface area contributed by atoms with E-state index in [4.69, 9.17) is 9.47 Å². The molecule has 2 aromatic heterocycles. The second kappa shape index (κ2) is 9.65. The molecule has 11 nitrogen and oxygen atoms in total. The molecule has 1 saturated heterocycles. The van der Waals surface area contributed by atoms with Gasteiger partial charge in [0.1, 0.15) is 36.8 Å². The molecule has 0 spiro atoms. The van der Waals surface area contributed by atoms with Crippen LogP contribution in [0.3, 0.4) is 0 Å². The molecule has 0 radical (unpaired) electrons. The number of aliphatic hydroxyl groups excluding tert-OH is 3. The summed E-state index contributed by atoms with van der Waals surface area (Å²) in [5.41, 5.74) is 0.0369. The minimum atomic E-state index is -1.54. The number of ether oxygens (including phenoxy) is 2. The maximum atomic E-state index is 11.9. The molecule has 5 atom stereocenters. The van der Waals surface area contributed by atoms with E-state index in [0.717, 1.165) is 0 Å². The monoisotopic (exact) mass is 471 g/mol. The van der Waals surface area contributed by atoms with E-state index in [1.165, 1.54) is 10.8 Å². The lowest BCUT2D eigenvalue weighted by Crippen LogP contribution is -2.51. The summed E-state index contributed by atoms with van der Waals surface area (Å²) in [6, 6.07) is 12.5. The number of aliphatic hydroxyl groups is 3. The zero-order chi connectivity index (χ0) is 24.5. The Hall–Kier alpha value is -3.09. The molecule has 1 aliphatic heterocycles. The molecule has 3 aromatic rings. The van der Waals surface area contributed by atoms with E-state index in [1.54, 1.807) is 45.2 Å². The molecule has 1 unspecified atom stereocenters. The van der Waals surface area contributed by atoms with Crippen LogP contribution >= 0.6 is 0 Å². The van der Waals surface area contributed by atoms with Crippen LogP contribution < -0.4 is 10.6 Å². The van der Waals surface area contributed by atoms with E-state index in [0.29, 0.717) is 22.6 Å². The predicted molar refractivity (Wildman–Crippen MR) is 121 cm³/mol. The summed E-state index contributed by atoms with van der Waals surface area (Å²) in [6.45, 7) is 3.19. The first-order valence-corrected chi connectivity index (χ1v) is 11.0. The second-order valence-corrected chi connectivity index (χ2v) is 8.44. The van der Waals surface area contributed by atoms with Gasteiger partial charge in [0.15, 0.2) is 17.8 Å². The Balaban J connectivity index is 1.63. The molecule has 5 N–H and O–H groups in total. The van der Waals surface area contributed by atoms with Crippen molar-refractivity contribution in [2.75, 3.05) is 19.0 Å². The first-order valence-electron chi connectivity index (χ1n) is 11.0. The normalized spacial score (nSPS) is 25.6. The summed E-state index contributed by atoms with van der Waals surface area (Å²) >= 11 is 0. The van der Waals surface area contributed by atoms with E-state index in [2.05, 4.69) is 20.7 Å². The number of fused-ring (bicyclic) bond motifs is 1. The molecule has 1 fully saturated rings. The first kappa shape index (κ1) is 24.0. The Kier molecular flexibility index (Phi) is 6.82. The van der Waals surface area contributed by atoms with Crippen LogP contribution in [-0.4, -0.2) is 67.9 Å². The molecule has 11 heteroatoms. The highest BCUT2D eigenvalue weighted by Crippen LogP contribution is 2.39. The minimum absolute atomic E-state index is 0.215. The summed E-state index contributed by atoms with van der Waals surface area (Å²) in [5, 5.41) is 42.4. The zero-order valence-corrected chi connectivity index (χ0v) is 19.1. The van der Waals surface area contributed by atoms with Crippen LogP contribution in [0.15, 0.2) is 48.8 Å². The van der Waals surface area contributed by atoms with Gasteiger partial charge in [-0.3, -0.25) is 10.1 Å². The maximum Gasteiger partial charge on any atom is 0.308 e. The van der Waals surface area contributed by atoms with Gasteiger partial charge in [-0.1, -0.05) is 44.2 Å². The molecule has 34 heavy (non-hydrogen) atoms. The lowest BCUT2D eigenvalue weighted by atomic mass is 9.99. The molecule has 1 aliphatic rings. The van der Waals surface area contributed by atoms with Crippen molar-refractivity contribution in [3.05, 3.63) is 60.0 Å². The molecular formula is C23H29N5O6. The van der Waals surface area contributed by atoms with Gasteiger partial charge in [0.05, 0.1) is 11.6 Å². The van der Waals surface area contributed by atoms with Gasteiger partial charge in [0, 0.05) is 5.56 Å². The van der Waals surface area contributed by atoms with Gasteiger partial charge in [-0.05, 0) is 19.2 Å². The van der Waals surface area contributed by atoms with Gasteiger partial charge in [-0.2, -0.15) is 5.10 Å². The number of anilines is 1. The molecule has 1 aromatic carbocycles. The molecule has 182 valence electrons. The zero-order valence-electron chi connectivity index (χ0n) is 19.1. The van der Waals surface area contributed by atoms with Crippen molar-refractivity contribution in [1.82, 2.24) is 19.9 Å². The Labute approximate surface area is 196 Å². The van der Waals surface area contributed by atoms with Gasteiger partial charge in [-0.15, -0.1) is 0 Å². The van der Waals surface area contributed by atoms with E-state index in [1.807, 2.05) is 18.2 Å². The number of carbonyl (C=O) groups is 1. The number of nitrogens with zero attached hydrogens (tertiary/aromatic N) is 3. The second-order valence-electron chi connectivity index (χ2n) is 8.44. The minimum Gasteiger partial charge on any atom is -0.463 e. The number of hydrogen-bond donors (Lipinski definition) is 5. The first-order chi connectivity index (χ1) is 16.3. The number of benzene rings is 1. The number of aromatic nitrogens is 3. The smallest absolute Gasteiger partial charge is 0.308 e. The summed E-state index contributed by atoms with van der Waals surface area (Å²) in [5.74, 6) is -0.402. The number of likely N-dealkylation sites (N-methyl/N-ethyl adjacent to an activating group) is 1. The van der Waals surface area contributed by atoms with Gasteiger partial charge in [0.2, 0.25) is 0 Å². The van der Waals surface area contributed by atoms with E-state index in [-0.39, 0.29) is 12.5 Å². The highest BCUT2D eigenvalue weighted by Gasteiger charge is 2.56. The third kappa shape index (κ3) is 4.24. The number of esters is 1. The van der Waals surface area contributed by atoms with E-state index >= 15 is 0 Å². The molecule has 0 saturated carbocycles. The maximum absolute atomic E-state index is 11.9. The van der Waals surface area contributed by atoms with Gasteiger partial charge >= 0.3 is 5.97 Å². The number of carbonyl (C=O) groups excluding carboxylic acids is 1. The van der Waals surface area contributed by atoms with Gasteiger partial charge in [0.25, 0.3) is 0 Å². The molecular weight excluding hydrogens is 442 g/mol. The van der Waals surface area contributed by atoms with Crippen LogP contribution in [0.2, 0.25) is 0 Å². The van der Waals surface area contributed by atoms with Crippen molar-refractivity contribution in [3.8, 4) is 0 Å². The van der Waals surface area contributed by atoms with Crippen LogP contribution in [0.25, 0.3) is 5.52 Å². The lowest BCUT2D eigenvalue weighted by molar-refractivity contribution is -0.158. The van der Waals surface area contributed by atoms with E-state index in [9.17, 15) is 20.1 Å². The lowest BCUT2D eigenvalue weighted by Gasteiger charge is -2.31. The van der Waals surface area contributed by atoms with Crippen molar-refractivity contribution in [1.29, 1.82) is 0 Å². The fourth-order valence-electron chi connectivity index (χ4n) is 4.01. The summed E-state index contributed by atoms with van der Waals surface area (Å²) in [4.78, 5) is 16.1. The van der Waals surface area contributed by atoms with Crippen molar-refractivity contribution in [2.45, 2.75) is 44.1 Å². The van der Waals surface area contributed by atoms with Crippen molar-refractivity contribution in [3.63, 3.8) is 0 Å². The number of nitrogens with one attached hydrogen (secondary N) is 2. The Morgan fingerprint density at radius 1 is 1.24 bits per heavy atom. The molecule has 0 aliphatic carbocycles. The number of rotatable bonds is 8. The third-order valence-corrected chi connectivity index (χ3v) is 5.91. The Bertz CT molecular complexity index is 1140. The van der Waals surface area contributed by atoms with Crippen molar-refractivity contribution >= 4 is 17.3 Å². The largest absolute Gasteiger partial charge is 0.463 e. The van der Waals surface area contributed by atoms with E-state index < -0.39 is 36.2 Å². The van der Waals surface area contributed by atoms with Crippen LogP contribution in [0.5, 0.6) is 0 Å². The summed E-state index contributed by atoms with van der Waals surface area (Å²) in [6.07, 6.45) is -3.38. The average Bonchev–Trinajstić information content (AvgIpc) is 3.39. The fraction of sp³-hybridized carbons (Fsp3) is 0.435. The summed E-state index contributed by atoms with van der Waals surface area (Å²) in [7, 11) is 1.58. The average molecular weight is 472 g/mol. The molecule has 4 rings (SSSR count). The fourth-order valence-corrected chi connectivity index (χ4v) is 4.01. The highest BCUT2D eigenvalue weighted by atomic mass is 16.6. The number of hydrogen-bond acceptors (Lipinski definition) is 10. The van der Waals surface area contributed by atoms with Crippen molar-refractivity contribution in [2.24, 2.45) is 5.92 Å².